The van der Waals surface area contributed by atoms with E-state index < -0.39 is 0 Å². The van der Waals surface area contributed by atoms with Crippen LogP contribution in [0.25, 0.3) is 11.1 Å². The van der Waals surface area contributed by atoms with Crippen LogP contribution in [0.5, 0.6) is 11.6 Å². The second-order valence-electron chi connectivity index (χ2n) is 5.17. The summed E-state index contributed by atoms with van der Waals surface area (Å²) in [5.74, 6) is 1.80. The largest absolute Gasteiger partial charge is 0.494 e. The molecule has 0 bridgehead atoms. The standard InChI is InChI=1S/C17H21NO2/c1-11(2)13-7-6-12(3)8-14(13)15-9-17(20-5)18-10-16(15)19-4/h6-11H,1-5H3. The Morgan fingerprint density at radius 1 is 1.00 bits per heavy atom. The van der Waals surface area contributed by atoms with Crippen molar-refractivity contribution in [1.29, 1.82) is 0 Å². The number of hydrogen-bond donors (Lipinski definition) is 0. The van der Waals surface area contributed by atoms with Gasteiger partial charge in [0, 0.05) is 11.6 Å². The highest BCUT2D eigenvalue weighted by Crippen LogP contribution is 2.37. The fourth-order valence-corrected chi connectivity index (χ4v) is 2.32. The molecule has 1 heterocycles. The van der Waals surface area contributed by atoms with E-state index in [0.717, 1.165) is 11.3 Å². The van der Waals surface area contributed by atoms with Crippen molar-refractivity contribution in [3.8, 4) is 22.8 Å². The van der Waals surface area contributed by atoms with Crippen LogP contribution in [0, 0.1) is 6.92 Å². The molecule has 0 aliphatic rings. The van der Waals surface area contributed by atoms with Gasteiger partial charge in [-0.1, -0.05) is 37.6 Å². The molecule has 0 fully saturated rings. The summed E-state index contributed by atoms with van der Waals surface area (Å²) in [5, 5.41) is 0. The van der Waals surface area contributed by atoms with E-state index in [1.54, 1.807) is 20.4 Å². The molecule has 1 aromatic heterocycles. The Balaban J connectivity index is 2.68. The summed E-state index contributed by atoms with van der Waals surface area (Å²) in [5.41, 5.74) is 4.72. The topological polar surface area (TPSA) is 31.4 Å². The Labute approximate surface area is 120 Å². The summed E-state index contributed by atoms with van der Waals surface area (Å²) in [6.07, 6.45) is 1.71. The number of nitrogens with zero attached hydrogens (tertiary/aromatic N) is 1. The molecule has 106 valence electrons. The number of aryl methyl sites for hydroxylation is 1. The predicted molar refractivity (Wildman–Crippen MR) is 81.6 cm³/mol. The second kappa shape index (κ2) is 5.95. The van der Waals surface area contributed by atoms with Gasteiger partial charge in [-0.2, -0.15) is 0 Å². The Hall–Kier alpha value is -2.03. The molecule has 3 heteroatoms. The lowest BCUT2D eigenvalue weighted by molar-refractivity contribution is 0.388. The van der Waals surface area contributed by atoms with E-state index in [0.29, 0.717) is 11.8 Å². The lowest BCUT2D eigenvalue weighted by atomic mass is 9.91. The van der Waals surface area contributed by atoms with Crippen LogP contribution in [0.3, 0.4) is 0 Å². The van der Waals surface area contributed by atoms with Gasteiger partial charge in [-0.15, -0.1) is 0 Å². The van der Waals surface area contributed by atoms with Crippen molar-refractivity contribution in [3.63, 3.8) is 0 Å². The number of aromatic nitrogens is 1. The van der Waals surface area contributed by atoms with E-state index in [1.165, 1.54) is 16.7 Å². The van der Waals surface area contributed by atoms with Gasteiger partial charge in [0.1, 0.15) is 5.75 Å². The zero-order valence-corrected chi connectivity index (χ0v) is 12.7. The molecule has 1 aromatic carbocycles. The first kappa shape index (κ1) is 14.4. The second-order valence-corrected chi connectivity index (χ2v) is 5.17. The molecule has 0 N–H and O–H groups in total. The summed E-state index contributed by atoms with van der Waals surface area (Å²) in [4.78, 5) is 4.20. The smallest absolute Gasteiger partial charge is 0.213 e. The number of hydrogen-bond acceptors (Lipinski definition) is 3. The molecule has 0 saturated carbocycles. The quantitative estimate of drug-likeness (QED) is 0.835. The van der Waals surface area contributed by atoms with Gasteiger partial charge in [0.2, 0.25) is 5.88 Å². The highest BCUT2D eigenvalue weighted by atomic mass is 16.5. The van der Waals surface area contributed by atoms with E-state index in [-0.39, 0.29) is 0 Å². The maximum atomic E-state index is 5.46. The maximum absolute atomic E-state index is 5.46. The van der Waals surface area contributed by atoms with Gasteiger partial charge in [-0.25, -0.2) is 4.98 Å². The number of rotatable bonds is 4. The third kappa shape index (κ3) is 2.77. The average molecular weight is 271 g/mol. The molecule has 2 aromatic rings. The molecule has 0 radical (unpaired) electrons. The SMILES string of the molecule is COc1cc(-c2cc(C)ccc2C(C)C)c(OC)cn1. The first-order valence-corrected chi connectivity index (χ1v) is 6.75. The first-order chi connectivity index (χ1) is 9.56. The van der Waals surface area contributed by atoms with Gasteiger partial charge >= 0.3 is 0 Å². The highest BCUT2D eigenvalue weighted by Gasteiger charge is 2.14. The summed E-state index contributed by atoms with van der Waals surface area (Å²) in [6, 6.07) is 8.44. The van der Waals surface area contributed by atoms with Crippen LogP contribution in [0.2, 0.25) is 0 Å². The van der Waals surface area contributed by atoms with Crippen LogP contribution in [0.15, 0.2) is 30.5 Å². The molecule has 20 heavy (non-hydrogen) atoms. The van der Waals surface area contributed by atoms with Crippen molar-refractivity contribution >= 4 is 0 Å². The Bertz CT molecular complexity index is 606. The zero-order chi connectivity index (χ0) is 14.7. The van der Waals surface area contributed by atoms with Gasteiger partial charge in [-0.05, 0) is 24.0 Å². The van der Waals surface area contributed by atoms with Crippen molar-refractivity contribution in [1.82, 2.24) is 4.98 Å². The lowest BCUT2D eigenvalue weighted by Gasteiger charge is -2.16. The minimum absolute atomic E-state index is 0.439. The van der Waals surface area contributed by atoms with Crippen LogP contribution in [0.4, 0.5) is 0 Å². The molecule has 0 unspecified atom stereocenters. The van der Waals surface area contributed by atoms with Gasteiger partial charge < -0.3 is 9.47 Å². The fraction of sp³-hybridized carbons (Fsp3) is 0.353. The van der Waals surface area contributed by atoms with Crippen LogP contribution in [-0.4, -0.2) is 19.2 Å². The minimum Gasteiger partial charge on any atom is -0.494 e. The van der Waals surface area contributed by atoms with Crippen molar-refractivity contribution < 1.29 is 9.47 Å². The molecule has 0 aliphatic heterocycles. The summed E-state index contributed by atoms with van der Waals surface area (Å²) < 4.78 is 10.7. The van der Waals surface area contributed by atoms with Crippen LogP contribution in [-0.2, 0) is 0 Å². The third-order valence-electron chi connectivity index (χ3n) is 3.39. The Kier molecular flexibility index (Phi) is 4.28. The molecule has 0 atom stereocenters. The number of benzene rings is 1. The number of pyridine rings is 1. The predicted octanol–water partition coefficient (Wildman–Crippen LogP) is 4.20. The summed E-state index contributed by atoms with van der Waals surface area (Å²) >= 11 is 0. The van der Waals surface area contributed by atoms with Crippen molar-refractivity contribution in [3.05, 3.63) is 41.6 Å². The molecule has 0 aliphatic carbocycles. The van der Waals surface area contributed by atoms with E-state index in [4.69, 9.17) is 9.47 Å². The first-order valence-electron chi connectivity index (χ1n) is 6.75. The zero-order valence-electron chi connectivity index (χ0n) is 12.7. The van der Waals surface area contributed by atoms with Crippen LogP contribution < -0.4 is 9.47 Å². The average Bonchev–Trinajstić information content (AvgIpc) is 2.46. The summed E-state index contributed by atoms with van der Waals surface area (Å²) in [7, 11) is 3.29. The van der Waals surface area contributed by atoms with E-state index >= 15 is 0 Å². The Morgan fingerprint density at radius 3 is 2.35 bits per heavy atom. The van der Waals surface area contributed by atoms with E-state index in [2.05, 4.69) is 44.0 Å². The molecule has 0 saturated heterocycles. The molecule has 3 nitrogen and oxygen atoms in total. The van der Waals surface area contributed by atoms with E-state index in [1.807, 2.05) is 6.07 Å². The van der Waals surface area contributed by atoms with Crippen molar-refractivity contribution in [2.24, 2.45) is 0 Å². The maximum Gasteiger partial charge on any atom is 0.213 e. The van der Waals surface area contributed by atoms with Crippen molar-refractivity contribution in [2.75, 3.05) is 14.2 Å². The minimum atomic E-state index is 0.439. The summed E-state index contributed by atoms with van der Waals surface area (Å²) in [6.45, 7) is 6.48. The van der Waals surface area contributed by atoms with Gasteiger partial charge in [0.15, 0.2) is 0 Å². The van der Waals surface area contributed by atoms with Gasteiger partial charge in [0.25, 0.3) is 0 Å². The Morgan fingerprint density at radius 2 is 1.75 bits per heavy atom. The van der Waals surface area contributed by atoms with Crippen LogP contribution in [0.1, 0.15) is 30.9 Å². The molecule has 2 rings (SSSR count). The lowest BCUT2D eigenvalue weighted by Crippen LogP contribution is -1.97. The highest BCUT2D eigenvalue weighted by molar-refractivity contribution is 5.75. The molecule has 0 spiro atoms. The number of methoxy groups -OCH3 is 2. The normalized spacial score (nSPS) is 10.7. The fourth-order valence-electron chi connectivity index (χ4n) is 2.32. The number of ether oxygens (including phenoxy) is 2. The van der Waals surface area contributed by atoms with Gasteiger partial charge in [0.05, 0.1) is 20.4 Å². The third-order valence-corrected chi connectivity index (χ3v) is 3.39. The van der Waals surface area contributed by atoms with Crippen LogP contribution >= 0.6 is 0 Å². The van der Waals surface area contributed by atoms with Gasteiger partial charge in [-0.3, -0.25) is 0 Å². The van der Waals surface area contributed by atoms with E-state index in [9.17, 15) is 0 Å². The molecular weight excluding hydrogens is 250 g/mol. The monoisotopic (exact) mass is 271 g/mol. The molecule has 0 amide bonds. The molecular formula is C17H21NO2. The van der Waals surface area contributed by atoms with Crippen molar-refractivity contribution in [2.45, 2.75) is 26.7 Å².